The van der Waals surface area contributed by atoms with E-state index >= 15 is 0 Å². The number of hydrogen-bond acceptors (Lipinski definition) is 4. The van der Waals surface area contributed by atoms with E-state index in [2.05, 4.69) is 10.6 Å². The Morgan fingerprint density at radius 2 is 1.74 bits per heavy atom. The molecule has 1 atom stereocenters. The molecular weight excluding hydrogens is 364 g/mol. The predicted octanol–water partition coefficient (Wildman–Crippen LogP) is 3.32. The number of carboxylic acids is 1. The molecule has 0 aliphatic rings. The Hall–Kier alpha value is -2.80. The minimum absolute atomic E-state index is 0.133. The van der Waals surface area contributed by atoms with Crippen molar-refractivity contribution in [3.63, 3.8) is 0 Å². The van der Waals surface area contributed by atoms with Gasteiger partial charge in [0.1, 0.15) is 6.04 Å². The number of anilines is 1. The molecule has 0 aromatic heterocycles. The van der Waals surface area contributed by atoms with Gasteiger partial charge in [-0.05, 0) is 37.6 Å². The molecule has 0 heterocycles. The van der Waals surface area contributed by atoms with Crippen LogP contribution in [0.4, 0.5) is 5.69 Å². The van der Waals surface area contributed by atoms with Crippen LogP contribution < -0.4 is 10.6 Å². The third-order valence-electron chi connectivity index (χ3n) is 3.84. The number of benzene rings is 2. The lowest BCUT2D eigenvalue weighted by Gasteiger charge is -2.14. The van der Waals surface area contributed by atoms with Crippen molar-refractivity contribution in [3.05, 3.63) is 59.7 Å². The first-order valence-electron chi connectivity index (χ1n) is 8.52. The normalized spacial score (nSPS) is 11.5. The van der Waals surface area contributed by atoms with Gasteiger partial charge >= 0.3 is 5.97 Å². The number of aliphatic carboxylic acids is 1. The van der Waals surface area contributed by atoms with Crippen molar-refractivity contribution in [2.45, 2.75) is 31.2 Å². The SMILES string of the molecule is CCC(NC(=O)c1ccccc1SCC(=O)Nc1ccc(C)cc1)C(=O)O. The Morgan fingerprint density at radius 1 is 1.07 bits per heavy atom. The van der Waals surface area contributed by atoms with Gasteiger partial charge in [-0.3, -0.25) is 9.59 Å². The fourth-order valence-electron chi connectivity index (χ4n) is 2.33. The van der Waals surface area contributed by atoms with Gasteiger partial charge in [-0.25, -0.2) is 4.79 Å². The van der Waals surface area contributed by atoms with Crippen LogP contribution in [0.3, 0.4) is 0 Å². The van der Waals surface area contributed by atoms with Gasteiger partial charge in [-0.1, -0.05) is 36.8 Å². The second-order valence-electron chi connectivity index (χ2n) is 5.97. The highest BCUT2D eigenvalue weighted by Gasteiger charge is 2.20. The summed E-state index contributed by atoms with van der Waals surface area (Å²) in [5, 5.41) is 14.4. The lowest BCUT2D eigenvalue weighted by Crippen LogP contribution is -2.40. The molecule has 6 nitrogen and oxygen atoms in total. The summed E-state index contributed by atoms with van der Waals surface area (Å²) in [6.07, 6.45) is 0.287. The molecule has 0 fully saturated rings. The fraction of sp³-hybridized carbons (Fsp3) is 0.250. The Morgan fingerprint density at radius 3 is 2.37 bits per heavy atom. The van der Waals surface area contributed by atoms with Crippen LogP contribution in [0.2, 0.25) is 0 Å². The molecule has 0 radical (unpaired) electrons. The van der Waals surface area contributed by atoms with Crippen LogP contribution in [0, 0.1) is 6.92 Å². The third kappa shape index (κ3) is 6.14. The van der Waals surface area contributed by atoms with Crippen LogP contribution in [0.15, 0.2) is 53.4 Å². The van der Waals surface area contributed by atoms with Crippen LogP contribution in [-0.4, -0.2) is 34.7 Å². The summed E-state index contributed by atoms with van der Waals surface area (Å²) < 4.78 is 0. The van der Waals surface area contributed by atoms with Crippen LogP contribution in [0.25, 0.3) is 0 Å². The molecule has 1 unspecified atom stereocenters. The van der Waals surface area contributed by atoms with Gasteiger partial charge in [0.25, 0.3) is 5.91 Å². The van der Waals surface area contributed by atoms with Crippen molar-refractivity contribution in [1.82, 2.24) is 5.32 Å². The van der Waals surface area contributed by atoms with Gasteiger partial charge < -0.3 is 15.7 Å². The van der Waals surface area contributed by atoms with Gasteiger partial charge in [-0.15, -0.1) is 11.8 Å². The number of rotatable bonds is 8. The monoisotopic (exact) mass is 386 g/mol. The highest BCUT2D eigenvalue weighted by Crippen LogP contribution is 2.23. The number of nitrogens with one attached hydrogen (secondary N) is 2. The van der Waals surface area contributed by atoms with Gasteiger partial charge in [0.2, 0.25) is 5.91 Å². The van der Waals surface area contributed by atoms with E-state index in [4.69, 9.17) is 5.11 Å². The average molecular weight is 386 g/mol. The quantitative estimate of drug-likeness (QED) is 0.605. The molecule has 0 aliphatic heterocycles. The Bertz CT molecular complexity index is 821. The molecule has 7 heteroatoms. The fourth-order valence-corrected chi connectivity index (χ4v) is 3.18. The van der Waals surface area contributed by atoms with E-state index < -0.39 is 17.9 Å². The van der Waals surface area contributed by atoms with E-state index in [1.807, 2.05) is 31.2 Å². The molecule has 2 rings (SSSR count). The van der Waals surface area contributed by atoms with Crippen molar-refractivity contribution >= 4 is 35.2 Å². The van der Waals surface area contributed by atoms with Gasteiger partial charge in [0.15, 0.2) is 0 Å². The van der Waals surface area contributed by atoms with E-state index in [0.29, 0.717) is 16.1 Å². The number of amides is 2. The van der Waals surface area contributed by atoms with E-state index in [-0.39, 0.29) is 18.1 Å². The molecule has 0 bridgehead atoms. The molecule has 0 aliphatic carbocycles. The minimum Gasteiger partial charge on any atom is -0.480 e. The largest absolute Gasteiger partial charge is 0.480 e. The molecular formula is C20H22N2O4S. The van der Waals surface area contributed by atoms with Crippen LogP contribution in [0.5, 0.6) is 0 Å². The van der Waals surface area contributed by atoms with Crippen molar-refractivity contribution in [3.8, 4) is 0 Å². The van der Waals surface area contributed by atoms with E-state index in [1.54, 1.807) is 31.2 Å². The molecule has 0 saturated carbocycles. The van der Waals surface area contributed by atoms with Crippen molar-refractivity contribution in [2.24, 2.45) is 0 Å². The molecule has 0 spiro atoms. The number of aryl methyl sites for hydroxylation is 1. The minimum atomic E-state index is -1.08. The zero-order chi connectivity index (χ0) is 19.8. The molecule has 3 N–H and O–H groups in total. The van der Waals surface area contributed by atoms with Crippen molar-refractivity contribution in [2.75, 3.05) is 11.1 Å². The highest BCUT2D eigenvalue weighted by molar-refractivity contribution is 8.00. The van der Waals surface area contributed by atoms with Crippen molar-refractivity contribution in [1.29, 1.82) is 0 Å². The maximum atomic E-state index is 12.4. The topological polar surface area (TPSA) is 95.5 Å². The maximum Gasteiger partial charge on any atom is 0.326 e. The summed E-state index contributed by atoms with van der Waals surface area (Å²) in [7, 11) is 0. The average Bonchev–Trinajstić information content (AvgIpc) is 2.66. The molecule has 2 amide bonds. The van der Waals surface area contributed by atoms with Gasteiger partial charge in [-0.2, -0.15) is 0 Å². The van der Waals surface area contributed by atoms with E-state index in [0.717, 1.165) is 5.56 Å². The summed E-state index contributed by atoms with van der Waals surface area (Å²) >= 11 is 1.23. The molecule has 0 saturated heterocycles. The predicted molar refractivity (Wildman–Crippen MR) is 106 cm³/mol. The van der Waals surface area contributed by atoms with Gasteiger partial charge in [0.05, 0.1) is 11.3 Å². The Kier molecular flexibility index (Phi) is 7.43. The summed E-state index contributed by atoms with van der Waals surface area (Å²) in [5.74, 6) is -1.59. The first-order valence-corrected chi connectivity index (χ1v) is 9.51. The smallest absolute Gasteiger partial charge is 0.326 e. The van der Waals surface area contributed by atoms with E-state index in [9.17, 15) is 14.4 Å². The lowest BCUT2D eigenvalue weighted by atomic mass is 10.1. The zero-order valence-corrected chi connectivity index (χ0v) is 16.0. The number of carboxylic acid groups (broad SMARTS) is 1. The second kappa shape index (κ2) is 9.78. The van der Waals surface area contributed by atoms with Crippen LogP contribution >= 0.6 is 11.8 Å². The number of carbonyl (C=O) groups excluding carboxylic acids is 2. The van der Waals surface area contributed by atoms with Crippen LogP contribution in [0.1, 0.15) is 29.3 Å². The number of thioether (sulfide) groups is 1. The summed E-state index contributed by atoms with van der Waals surface area (Å²) in [5.41, 5.74) is 2.17. The Labute approximate surface area is 162 Å². The zero-order valence-electron chi connectivity index (χ0n) is 15.2. The first-order chi connectivity index (χ1) is 12.9. The summed E-state index contributed by atoms with van der Waals surface area (Å²) in [6, 6.07) is 13.4. The van der Waals surface area contributed by atoms with Crippen molar-refractivity contribution < 1.29 is 19.5 Å². The Balaban J connectivity index is 2.00. The highest BCUT2D eigenvalue weighted by atomic mass is 32.2. The molecule has 2 aromatic carbocycles. The standard InChI is InChI=1S/C20H22N2O4S/c1-3-16(20(25)26)22-19(24)15-6-4-5-7-17(15)27-12-18(23)21-14-10-8-13(2)9-11-14/h4-11,16H,3,12H2,1-2H3,(H,21,23)(H,22,24)(H,25,26). The van der Waals surface area contributed by atoms with Gasteiger partial charge in [0, 0.05) is 10.6 Å². The number of hydrogen-bond donors (Lipinski definition) is 3. The first kappa shape index (κ1) is 20.5. The maximum absolute atomic E-state index is 12.4. The second-order valence-corrected chi connectivity index (χ2v) is 6.99. The van der Waals surface area contributed by atoms with Crippen LogP contribution in [-0.2, 0) is 9.59 Å². The van der Waals surface area contributed by atoms with E-state index in [1.165, 1.54) is 11.8 Å². The molecule has 142 valence electrons. The number of carbonyl (C=O) groups is 3. The molecule has 27 heavy (non-hydrogen) atoms. The lowest BCUT2D eigenvalue weighted by molar-refractivity contribution is -0.139. The summed E-state index contributed by atoms with van der Waals surface area (Å²) in [6.45, 7) is 3.66. The molecule has 2 aromatic rings. The third-order valence-corrected chi connectivity index (χ3v) is 4.91. The summed E-state index contributed by atoms with van der Waals surface area (Å²) in [4.78, 5) is 36.3.